The van der Waals surface area contributed by atoms with Gasteiger partial charge in [0.2, 0.25) is 5.91 Å². The summed E-state index contributed by atoms with van der Waals surface area (Å²) in [4.78, 5) is 13.2. The summed E-state index contributed by atoms with van der Waals surface area (Å²) >= 11 is 0. The van der Waals surface area contributed by atoms with Crippen LogP contribution in [-0.2, 0) is 11.2 Å². The van der Waals surface area contributed by atoms with Crippen LogP contribution in [0.4, 0.5) is 5.69 Å². The van der Waals surface area contributed by atoms with E-state index in [0.29, 0.717) is 6.42 Å². The van der Waals surface area contributed by atoms with Gasteiger partial charge in [-0.25, -0.2) is 0 Å². The predicted molar refractivity (Wildman–Crippen MR) is 63.4 cm³/mol. The molecule has 1 aliphatic rings. The van der Waals surface area contributed by atoms with Crippen LogP contribution in [0.1, 0.15) is 31.1 Å². The van der Waals surface area contributed by atoms with Crippen LogP contribution in [0.5, 0.6) is 0 Å². The van der Waals surface area contributed by atoms with E-state index in [9.17, 15) is 9.90 Å². The maximum absolute atomic E-state index is 11.5. The van der Waals surface area contributed by atoms with Crippen LogP contribution in [0.3, 0.4) is 0 Å². The van der Waals surface area contributed by atoms with Crippen molar-refractivity contribution < 1.29 is 9.90 Å². The molecule has 1 unspecified atom stereocenters. The molecule has 0 saturated heterocycles. The summed E-state index contributed by atoms with van der Waals surface area (Å²) in [6.07, 6.45) is -0.00360. The number of fused-ring (bicyclic) bond motifs is 1. The molecule has 86 valence electrons. The van der Waals surface area contributed by atoms with E-state index in [0.717, 1.165) is 16.8 Å². The second kappa shape index (κ2) is 3.91. The molecule has 0 aromatic heterocycles. The Morgan fingerprint density at radius 3 is 2.69 bits per heavy atom. The van der Waals surface area contributed by atoms with Crippen molar-refractivity contribution >= 4 is 11.6 Å². The summed E-state index contributed by atoms with van der Waals surface area (Å²) in [7, 11) is 1.78. The lowest BCUT2D eigenvalue weighted by molar-refractivity contribution is -0.117. The van der Waals surface area contributed by atoms with Crippen LogP contribution < -0.4 is 4.90 Å². The molecular weight excluding hydrogens is 202 g/mol. The lowest BCUT2D eigenvalue weighted by atomic mass is 9.97. The highest BCUT2D eigenvalue weighted by Gasteiger charge is 2.25. The zero-order chi connectivity index (χ0) is 11.9. The van der Waals surface area contributed by atoms with E-state index in [4.69, 9.17) is 0 Å². The minimum absolute atomic E-state index is 0.117. The number of nitrogens with zero attached hydrogens (tertiary/aromatic N) is 1. The summed E-state index contributed by atoms with van der Waals surface area (Å²) in [5.74, 6) is 0.305. The van der Waals surface area contributed by atoms with Crippen molar-refractivity contribution in [1.29, 1.82) is 0 Å². The molecule has 3 heteroatoms. The fourth-order valence-electron chi connectivity index (χ4n) is 2.06. The first-order valence-electron chi connectivity index (χ1n) is 5.58. The molecule has 1 aromatic rings. The van der Waals surface area contributed by atoms with Gasteiger partial charge in [0, 0.05) is 12.7 Å². The summed E-state index contributed by atoms with van der Waals surface area (Å²) in [5, 5.41) is 9.96. The highest BCUT2D eigenvalue weighted by atomic mass is 16.3. The minimum Gasteiger partial charge on any atom is -0.388 e. The van der Waals surface area contributed by atoms with Crippen LogP contribution >= 0.6 is 0 Å². The van der Waals surface area contributed by atoms with Gasteiger partial charge in [-0.05, 0) is 23.1 Å². The molecule has 0 saturated carbocycles. The van der Waals surface area contributed by atoms with E-state index < -0.39 is 6.10 Å². The van der Waals surface area contributed by atoms with Crippen molar-refractivity contribution in [2.45, 2.75) is 26.4 Å². The molecule has 1 heterocycles. The third-order valence-corrected chi connectivity index (χ3v) is 3.15. The maximum atomic E-state index is 11.5. The summed E-state index contributed by atoms with van der Waals surface area (Å²) in [5.41, 5.74) is 2.88. The van der Waals surface area contributed by atoms with Crippen molar-refractivity contribution in [3.63, 3.8) is 0 Å². The quantitative estimate of drug-likeness (QED) is 0.825. The van der Waals surface area contributed by atoms with E-state index in [2.05, 4.69) is 0 Å². The van der Waals surface area contributed by atoms with Crippen LogP contribution in [0.15, 0.2) is 18.2 Å². The molecule has 3 nitrogen and oxygen atoms in total. The molecular formula is C13H17NO2. The summed E-state index contributed by atoms with van der Waals surface area (Å²) in [6, 6.07) is 5.77. The number of carbonyl (C=O) groups is 1. The molecule has 1 N–H and O–H groups in total. The Hall–Kier alpha value is -1.35. The van der Waals surface area contributed by atoms with Crippen LogP contribution in [0, 0.1) is 5.92 Å². The standard InChI is InChI=1S/C13H17NO2/c1-8(2)13(16)9-4-5-11-10(6-9)7-12(15)14(11)3/h4-6,8,13,16H,7H2,1-3H3. The third-order valence-electron chi connectivity index (χ3n) is 3.15. The number of amides is 1. The van der Waals surface area contributed by atoms with Gasteiger partial charge in [-0.2, -0.15) is 0 Å². The zero-order valence-electron chi connectivity index (χ0n) is 9.90. The van der Waals surface area contributed by atoms with Crippen molar-refractivity contribution in [3.05, 3.63) is 29.3 Å². The van der Waals surface area contributed by atoms with Crippen molar-refractivity contribution in [2.24, 2.45) is 5.92 Å². The second-order valence-corrected chi connectivity index (χ2v) is 4.71. The van der Waals surface area contributed by atoms with Crippen molar-refractivity contribution in [1.82, 2.24) is 0 Å². The number of hydrogen-bond donors (Lipinski definition) is 1. The van der Waals surface area contributed by atoms with Gasteiger partial charge >= 0.3 is 0 Å². The lowest BCUT2D eigenvalue weighted by Crippen LogP contribution is -2.20. The highest BCUT2D eigenvalue weighted by molar-refractivity contribution is 6.00. The van der Waals surface area contributed by atoms with E-state index >= 15 is 0 Å². The first-order chi connectivity index (χ1) is 7.50. The highest BCUT2D eigenvalue weighted by Crippen LogP contribution is 2.31. The number of anilines is 1. The minimum atomic E-state index is -0.452. The normalized spacial score (nSPS) is 16.8. The van der Waals surface area contributed by atoms with Crippen LogP contribution in [0.25, 0.3) is 0 Å². The van der Waals surface area contributed by atoms with E-state index in [1.165, 1.54) is 0 Å². The lowest BCUT2D eigenvalue weighted by Gasteiger charge is -2.16. The van der Waals surface area contributed by atoms with Crippen LogP contribution in [-0.4, -0.2) is 18.1 Å². The van der Waals surface area contributed by atoms with E-state index in [1.54, 1.807) is 11.9 Å². The maximum Gasteiger partial charge on any atom is 0.231 e. The van der Waals surface area contributed by atoms with Gasteiger partial charge in [0.15, 0.2) is 0 Å². The second-order valence-electron chi connectivity index (χ2n) is 4.71. The molecule has 1 aliphatic heterocycles. The smallest absolute Gasteiger partial charge is 0.231 e. The SMILES string of the molecule is CC(C)C(O)c1ccc2c(c1)CC(=O)N2C. The van der Waals surface area contributed by atoms with Gasteiger partial charge in [-0.1, -0.05) is 26.0 Å². The molecule has 0 radical (unpaired) electrons. The number of carbonyl (C=O) groups excluding carboxylic acids is 1. The molecule has 2 rings (SSSR count). The van der Waals surface area contributed by atoms with Gasteiger partial charge in [0.05, 0.1) is 12.5 Å². The van der Waals surface area contributed by atoms with E-state index in [-0.39, 0.29) is 11.8 Å². The molecule has 16 heavy (non-hydrogen) atoms. The molecule has 0 aliphatic carbocycles. The number of likely N-dealkylation sites (N-methyl/N-ethyl adjacent to an activating group) is 1. The number of benzene rings is 1. The zero-order valence-corrected chi connectivity index (χ0v) is 9.90. The molecule has 1 aromatic carbocycles. The average molecular weight is 219 g/mol. The Morgan fingerprint density at radius 1 is 1.38 bits per heavy atom. The van der Waals surface area contributed by atoms with Gasteiger partial charge in [0.25, 0.3) is 0 Å². The van der Waals surface area contributed by atoms with Gasteiger partial charge < -0.3 is 10.0 Å². The molecule has 1 amide bonds. The summed E-state index contributed by atoms with van der Waals surface area (Å²) in [6.45, 7) is 3.96. The molecule has 0 spiro atoms. The predicted octanol–water partition coefficient (Wildman–Crippen LogP) is 1.89. The Kier molecular flexibility index (Phi) is 2.72. The fourth-order valence-corrected chi connectivity index (χ4v) is 2.06. The van der Waals surface area contributed by atoms with Crippen molar-refractivity contribution in [3.8, 4) is 0 Å². The Morgan fingerprint density at radius 2 is 2.06 bits per heavy atom. The van der Waals surface area contributed by atoms with Crippen molar-refractivity contribution in [2.75, 3.05) is 11.9 Å². The first-order valence-corrected chi connectivity index (χ1v) is 5.58. The summed E-state index contributed by atoms with van der Waals surface area (Å²) < 4.78 is 0. The molecule has 0 fully saturated rings. The number of rotatable bonds is 2. The van der Waals surface area contributed by atoms with Gasteiger partial charge in [-0.3, -0.25) is 4.79 Å². The Bertz CT molecular complexity index is 426. The van der Waals surface area contributed by atoms with Crippen LogP contribution in [0.2, 0.25) is 0 Å². The average Bonchev–Trinajstić information content (AvgIpc) is 2.53. The third kappa shape index (κ3) is 1.71. The fraction of sp³-hybridized carbons (Fsp3) is 0.462. The number of hydrogen-bond acceptors (Lipinski definition) is 2. The molecule has 1 atom stereocenters. The Balaban J connectivity index is 2.35. The largest absolute Gasteiger partial charge is 0.388 e. The topological polar surface area (TPSA) is 40.5 Å². The van der Waals surface area contributed by atoms with E-state index in [1.807, 2.05) is 32.0 Å². The van der Waals surface area contributed by atoms with Gasteiger partial charge in [-0.15, -0.1) is 0 Å². The number of aliphatic hydroxyl groups is 1. The molecule has 0 bridgehead atoms. The number of aliphatic hydroxyl groups excluding tert-OH is 1. The first kappa shape index (κ1) is 11.1. The van der Waals surface area contributed by atoms with Gasteiger partial charge in [0.1, 0.15) is 0 Å². The Labute approximate surface area is 95.7 Å². The monoisotopic (exact) mass is 219 g/mol.